The molecule has 1 fully saturated rings. The van der Waals surface area contributed by atoms with Gasteiger partial charge in [0.05, 0.1) is 0 Å². The summed E-state index contributed by atoms with van der Waals surface area (Å²) in [6, 6.07) is 5.10. The number of nitrogens with one attached hydrogen (secondary N) is 2. The summed E-state index contributed by atoms with van der Waals surface area (Å²) < 4.78 is 13.6. The maximum atomic E-state index is 13.6. The zero-order valence-electron chi connectivity index (χ0n) is 11.5. The average molecular weight is 275 g/mol. The fourth-order valence-corrected chi connectivity index (χ4v) is 2.31. The smallest absolute Gasteiger partial charge is 0.245 e. The van der Waals surface area contributed by atoms with Gasteiger partial charge in [0.15, 0.2) is 5.82 Å². The van der Waals surface area contributed by atoms with Crippen molar-refractivity contribution in [3.63, 3.8) is 0 Å². The van der Waals surface area contributed by atoms with Crippen LogP contribution in [0.1, 0.15) is 12.0 Å². The van der Waals surface area contributed by atoms with Crippen LogP contribution < -0.4 is 10.2 Å². The Morgan fingerprint density at radius 2 is 2.15 bits per heavy atom. The Morgan fingerprint density at radius 3 is 3.00 bits per heavy atom. The first kappa shape index (κ1) is 13.1. The summed E-state index contributed by atoms with van der Waals surface area (Å²) in [5, 5.41) is 10.5. The number of H-pyrrole nitrogens is 1. The third kappa shape index (κ3) is 2.65. The lowest BCUT2D eigenvalue weighted by Crippen LogP contribution is -2.28. The molecule has 1 saturated heterocycles. The number of halogens is 1. The largest absolute Gasteiger partial charge is 0.338 e. The first-order valence-electron chi connectivity index (χ1n) is 6.88. The van der Waals surface area contributed by atoms with Crippen molar-refractivity contribution < 1.29 is 4.39 Å². The van der Waals surface area contributed by atoms with E-state index in [4.69, 9.17) is 0 Å². The molecule has 2 heterocycles. The number of aromatic amines is 1. The zero-order chi connectivity index (χ0) is 13.9. The van der Waals surface area contributed by atoms with E-state index in [1.165, 1.54) is 6.07 Å². The highest BCUT2D eigenvalue weighted by Gasteiger charge is 2.15. The van der Waals surface area contributed by atoms with Gasteiger partial charge < -0.3 is 10.2 Å². The molecular formula is C14H18FN5. The molecule has 2 aromatic rings. The summed E-state index contributed by atoms with van der Waals surface area (Å²) in [6.45, 7) is 5.53. The molecule has 0 amide bonds. The Bertz CT molecular complexity index is 587. The van der Waals surface area contributed by atoms with E-state index in [-0.39, 0.29) is 5.82 Å². The molecule has 20 heavy (non-hydrogen) atoms. The fraction of sp³-hybridized carbons (Fsp3) is 0.429. The normalized spacial score (nSPS) is 16.2. The van der Waals surface area contributed by atoms with Crippen molar-refractivity contribution in [1.82, 2.24) is 20.5 Å². The molecule has 0 atom stereocenters. The van der Waals surface area contributed by atoms with Crippen LogP contribution in [-0.2, 0) is 0 Å². The molecule has 1 aliphatic rings. The van der Waals surface area contributed by atoms with Crippen LogP contribution in [0.4, 0.5) is 10.3 Å². The Labute approximate surface area is 117 Å². The minimum Gasteiger partial charge on any atom is -0.338 e. The third-order valence-corrected chi connectivity index (χ3v) is 3.54. The first-order valence-corrected chi connectivity index (χ1v) is 6.88. The van der Waals surface area contributed by atoms with Crippen LogP contribution in [0.25, 0.3) is 11.4 Å². The van der Waals surface area contributed by atoms with Crippen LogP contribution in [-0.4, -0.2) is 41.4 Å². The number of rotatable bonds is 2. The molecule has 2 N–H and O–H groups in total. The highest BCUT2D eigenvalue weighted by molar-refractivity contribution is 5.57. The minimum absolute atomic E-state index is 0.223. The van der Waals surface area contributed by atoms with Crippen molar-refractivity contribution in [2.24, 2.45) is 0 Å². The van der Waals surface area contributed by atoms with Gasteiger partial charge in [0.2, 0.25) is 5.95 Å². The molecule has 1 aromatic heterocycles. The number of anilines is 1. The van der Waals surface area contributed by atoms with Gasteiger partial charge in [-0.25, -0.2) is 4.39 Å². The molecule has 106 valence electrons. The maximum absolute atomic E-state index is 13.6. The van der Waals surface area contributed by atoms with Gasteiger partial charge in [-0.3, -0.25) is 5.10 Å². The van der Waals surface area contributed by atoms with Gasteiger partial charge in [-0.1, -0.05) is 12.1 Å². The summed E-state index contributed by atoms with van der Waals surface area (Å²) in [5.74, 6) is 1.07. The van der Waals surface area contributed by atoms with E-state index in [1.54, 1.807) is 13.0 Å². The van der Waals surface area contributed by atoms with Crippen LogP contribution in [0.2, 0.25) is 0 Å². The summed E-state index contributed by atoms with van der Waals surface area (Å²) in [7, 11) is 0. The molecule has 0 unspecified atom stereocenters. The fourth-order valence-electron chi connectivity index (χ4n) is 2.31. The number of hydrogen-bond acceptors (Lipinski definition) is 4. The molecule has 1 aromatic carbocycles. The second kappa shape index (κ2) is 5.58. The zero-order valence-corrected chi connectivity index (χ0v) is 11.5. The van der Waals surface area contributed by atoms with Crippen molar-refractivity contribution in [3.8, 4) is 11.4 Å². The minimum atomic E-state index is -0.223. The average Bonchev–Trinajstić information content (AvgIpc) is 2.78. The van der Waals surface area contributed by atoms with Crippen molar-refractivity contribution in [1.29, 1.82) is 0 Å². The number of benzene rings is 1. The Balaban J connectivity index is 1.83. The molecule has 0 saturated carbocycles. The molecule has 3 rings (SSSR count). The van der Waals surface area contributed by atoms with E-state index in [9.17, 15) is 4.39 Å². The summed E-state index contributed by atoms with van der Waals surface area (Å²) in [6.07, 6.45) is 1.07. The lowest BCUT2D eigenvalue weighted by Gasteiger charge is -2.16. The van der Waals surface area contributed by atoms with Gasteiger partial charge in [-0.2, -0.15) is 4.98 Å². The van der Waals surface area contributed by atoms with Crippen LogP contribution >= 0.6 is 0 Å². The van der Waals surface area contributed by atoms with Gasteiger partial charge in [0.25, 0.3) is 0 Å². The third-order valence-electron chi connectivity index (χ3n) is 3.54. The number of hydrogen-bond donors (Lipinski definition) is 2. The monoisotopic (exact) mass is 275 g/mol. The molecule has 5 nitrogen and oxygen atoms in total. The lowest BCUT2D eigenvalue weighted by molar-refractivity contribution is 0.619. The van der Waals surface area contributed by atoms with E-state index in [0.29, 0.717) is 17.3 Å². The van der Waals surface area contributed by atoms with Crippen LogP contribution in [0.15, 0.2) is 18.2 Å². The highest BCUT2D eigenvalue weighted by Crippen LogP contribution is 2.20. The number of aryl methyl sites for hydroxylation is 1. The summed E-state index contributed by atoms with van der Waals surface area (Å²) in [5.41, 5.74) is 1.35. The summed E-state index contributed by atoms with van der Waals surface area (Å²) >= 11 is 0. The molecule has 0 radical (unpaired) electrons. The van der Waals surface area contributed by atoms with E-state index in [2.05, 4.69) is 25.4 Å². The van der Waals surface area contributed by atoms with E-state index in [0.717, 1.165) is 38.2 Å². The van der Waals surface area contributed by atoms with E-state index < -0.39 is 0 Å². The quantitative estimate of drug-likeness (QED) is 0.876. The van der Waals surface area contributed by atoms with Crippen molar-refractivity contribution in [2.45, 2.75) is 13.3 Å². The van der Waals surface area contributed by atoms with Gasteiger partial charge in [0.1, 0.15) is 5.82 Å². The molecule has 0 aliphatic carbocycles. The van der Waals surface area contributed by atoms with Gasteiger partial charge >= 0.3 is 0 Å². The molecule has 0 bridgehead atoms. The van der Waals surface area contributed by atoms with Gasteiger partial charge in [-0.05, 0) is 31.5 Å². The lowest BCUT2D eigenvalue weighted by atomic mass is 10.1. The SMILES string of the molecule is Cc1ccc(-c2nc(N3CCCNCC3)n[nH]2)cc1F. The molecule has 0 spiro atoms. The van der Waals surface area contributed by atoms with Crippen molar-refractivity contribution >= 4 is 5.95 Å². The molecule has 1 aliphatic heterocycles. The maximum Gasteiger partial charge on any atom is 0.245 e. The summed E-state index contributed by atoms with van der Waals surface area (Å²) in [4.78, 5) is 6.62. The van der Waals surface area contributed by atoms with Crippen LogP contribution in [0.3, 0.4) is 0 Å². The standard InChI is InChI=1S/C14H18FN5/c1-10-3-4-11(9-12(10)15)13-17-14(19-18-13)20-7-2-5-16-6-8-20/h3-4,9,16H,2,5-8H2,1H3,(H,17,18,19). The Hall–Kier alpha value is -1.95. The topological polar surface area (TPSA) is 56.8 Å². The second-order valence-corrected chi connectivity index (χ2v) is 5.04. The Morgan fingerprint density at radius 1 is 1.25 bits per heavy atom. The van der Waals surface area contributed by atoms with E-state index >= 15 is 0 Å². The van der Waals surface area contributed by atoms with Crippen LogP contribution in [0, 0.1) is 12.7 Å². The predicted molar refractivity (Wildman–Crippen MR) is 76.2 cm³/mol. The van der Waals surface area contributed by atoms with Crippen molar-refractivity contribution in [3.05, 3.63) is 29.6 Å². The molecular weight excluding hydrogens is 257 g/mol. The van der Waals surface area contributed by atoms with Gasteiger partial charge in [0, 0.05) is 25.2 Å². The first-order chi connectivity index (χ1) is 9.74. The van der Waals surface area contributed by atoms with Gasteiger partial charge in [-0.15, -0.1) is 5.10 Å². The predicted octanol–water partition coefficient (Wildman–Crippen LogP) is 1.72. The van der Waals surface area contributed by atoms with E-state index in [1.807, 2.05) is 6.07 Å². The highest BCUT2D eigenvalue weighted by atomic mass is 19.1. The Kier molecular flexibility index (Phi) is 3.64. The number of aromatic nitrogens is 3. The van der Waals surface area contributed by atoms with Crippen LogP contribution in [0.5, 0.6) is 0 Å². The second-order valence-electron chi connectivity index (χ2n) is 5.04. The molecule has 6 heteroatoms. The van der Waals surface area contributed by atoms with Crippen molar-refractivity contribution in [2.75, 3.05) is 31.1 Å². The number of nitrogens with zero attached hydrogens (tertiary/aromatic N) is 3.